The molecule has 0 radical (unpaired) electrons. The summed E-state index contributed by atoms with van der Waals surface area (Å²) in [4.78, 5) is 28.5. The maximum atomic E-state index is 12.9. The summed E-state index contributed by atoms with van der Waals surface area (Å²) in [5.74, 6) is 0.419. The fourth-order valence-corrected chi connectivity index (χ4v) is 3.93. The van der Waals surface area contributed by atoms with E-state index in [0.29, 0.717) is 18.9 Å². The number of nitrogens with one attached hydrogen (secondary N) is 1. The van der Waals surface area contributed by atoms with Crippen LogP contribution in [0.3, 0.4) is 0 Å². The number of rotatable bonds is 5. The fourth-order valence-electron chi connectivity index (χ4n) is 3.24. The molecule has 1 aromatic rings. The second-order valence-corrected chi connectivity index (χ2v) is 7.27. The Bertz CT molecular complexity index is 538. The zero-order valence-corrected chi connectivity index (χ0v) is 13.4. The minimum atomic E-state index is -0.675. The Hall–Kier alpha value is -1.36. The highest BCUT2D eigenvalue weighted by Crippen LogP contribution is 2.45. The predicted molar refractivity (Wildman–Crippen MR) is 82.8 cm³/mol. The Balaban J connectivity index is 1.91. The number of thiophene rings is 1. The van der Waals surface area contributed by atoms with Crippen LogP contribution in [0.1, 0.15) is 44.4 Å². The van der Waals surface area contributed by atoms with Crippen molar-refractivity contribution >= 4 is 23.2 Å². The van der Waals surface area contributed by atoms with Crippen molar-refractivity contribution in [2.75, 3.05) is 0 Å². The van der Waals surface area contributed by atoms with E-state index >= 15 is 0 Å². The van der Waals surface area contributed by atoms with E-state index in [1.54, 1.807) is 11.3 Å². The first-order valence-corrected chi connectivity index (χ1v) is 8.60. The largest absolute Gasteiger partial charge is 0.342 e. The molecule has 3 rings (SSSR count). The second-order valence-electron chi connectivity index (χ2n) is 6.24. The number of carbonyl (C=O) groups is 2. The second kappa shape index (κ2) is 5.44. The molecule has 2 unspecified atom stereocenters. The van der Waals surface area contributed by atoms with Gasteiger partial charge in [-0.2, -0.15) is 0 Å². The van der Waals surface area contributed by atoms with Crippen LogP contribution in [0, 0.1) is 5.92 Å². The van der Waals surface area contributed by atoms with Crippen LogP contribution in [0.25, 0.3) is 0 Å². The molecule has 1 aromatic heterocycles. The van der Waals surface area contributed by atoms with E-state index in [4.69, 9.17) is 0 Å². The molecule has 0 bridgehead atoms. The summed E-state index contributed by atoms with van der Waals surface area (Å²) in [7, 11) is 0. The summed E-state index contributed by atoms with van der Waals surface area (Å²) < 4.78 is 0. The van der Waals surface area contributed by atoms with Crippen molar-refractivity contribution in [2.45, 2.75) is 57.7 Å². The molecule has 0 spiro atoms. The number of hydrogen-bond acceptors (Lipinski definition) is 3. The number of carbonyl (C=O) groups excluding carboxylic acids is 2. The highest BCUT2D eigenvalue weighted by molar-refractivity contribution is 7.09. The van der Waals surface area contributed by atoms with Gasteiger partial charge in [0.1, 0.15) is 11.6 Å². The third kappa shape index (κ3) is 2.48. The van der Waals surface area contributed by atoms with Crippen molar-refractivity contribution < 1.29 is 9.59 Å². The normalized spacial score (nSPS) is 29.6. The summed E-state index contributed by atoms with van der Waals surface area (Å²) in [5, 5.41) is 4.98. The average Bonchev–Trinajstić information content (AvgIpc) is 3.19. The number of hydrogen-bond donors (Lipinski definition) is 1. The number of piperazine rings is 1. The lowest BCUT2D eigenvalue weighted by Crippen LogP contribution is -2.70. The molecule has 2 heterocycles. The first kappa shape index (κ1) is 14.6. The molecule has 2 fully saturated rings. The van der Waals surface area contributed by atoms with Gasteiger partial charge in [-0.25, -0.2) is 0 Å². The predicted octanol–water partition coefficient (Wildman–Crippen LogP) is 2.54. The maximum absolute atomic E-state index is 12.9. The van der Waals surface area contributed by atoms with Gasteiger partial charge >= 0.3 is 0 Å². The molecule has 21 heavy (non-hydrogen) atoms. The van der Waals surface area contributed by atoms with Crippen LogP contribution in [-0.2, 0) is 16.1 Å². The van der Waals surface area contributed by atoms with Gasteiger partial charge in [0.05, 0.1) is 6.54 Å². The van der Waals surface area contributed by atoms with Gasteiger partial charge in [-0.05, 0) is 43.6 Å². The molecule has 4 nitrogen and oxygen atoms in total. The summed E-state index contributed by atoms with van der Waals surface area (Å²) in [6.07, 6.45) is 3.68. The molecular weight excluding hydrogens is 284 g/mol. The molecule has 2 atom stereocenters. The van der Waals surface area contributed by atoms with E-state index in [9.17, 15) is 9.59 Å². The first-order chi connectivity index (χ1) is 10.1. The minimum absolute atomic E-state index is 0.0274. The standard InChI is InChI=1S/C16H22N2O2S/c1-3-5-13-14(19)18(10-12-6-4-9-21-12)16(2,11-7-8-11)15(20)17-13/h4,6,9,11,13H,3,5,7-8,10H2,1-2H3,(H,17,20). The minimum Gasteiger partial charge on any atom is -0.342 e. The van der Waals surface area contributed by atoms with Gasteiger partial charge in [0.2, 0.25) is 11.8 Å². The summed E-state index contributed by atoms with van der Waals surface area (Å²) in [5.41, 5.74) is -0.675. The number of amides is 2. The number of nitrogens with zero attached hydrogens (tertiary/aromatic N) is 1. The van der Waals surface area contributed by atoms with Crippen molar-refractivity contribution in [1.29, 1.82) is 0 Å². The van der Waals surface area contributed by atoms with Crippen molar-refractivity contribution in [1.82, 2.24) is 10.2 Å². The van der Waals surface area contributed by atoms with Crippen molar-refractivity contribution in [3.05, 3.63) is 22.4 Å². The Kier molecular flexibility index (Phi) is 3.78. The van der Waals surface area contributed by atoms with Crippen LogP contribution in [-0.4, -0.2) is 28.3 Å². The molecule has 1 aliphatic heterocycles. The van der Waals surface area contributed by atoms with E-state index in [1.807, 2.05) is 36.3 Å². The Morgan fingerprint density at radius 1 is 1.43 bits per heavy atom. The third-order valence-corrected chi connectivity index (χ3v) is 5.59. The topological polar surface area (TPSA) is 49.4 Å². The smallest absolute Gasteiger partial charge is 0.246 e. The van der Waals surface area contributed by atoms with Crippen LogP contribution in [0.2, 0.25) is 0 Å². The molecule has 1 saturated carbocycles. The van der Waals surface area contributed by atoms with Crippen molar-refractivity contribution in [2.24, 2.45) is 5.92 Å². The Labute approximate surface area is 129 Å². The van der Waals surface area contributed by atoms with Gasteiger partial charge in [-0.15, -0.1) is 11.3 Å². The molecule has 2 amide bonds. The third-order valence-electron chi connectivity index (χ3n) is 4.73. The fraction of sp³-hybridized carbons (Fsp3) is 0.625. The van der Waals surface area contributed by atoms with Gasteiger partial charge in [0, 0.05) is 4.88 Å². The van der Waals surface area contributed by atoms with Gasteiger partial charge in [-0.3, -0.25) is 9.59 Å². The van der Waals surface area contributed by atoms with Gasteiger partial charge in [-0.1, -0.05) is 19.4 Å². The van der Waals surface area contributed by atoms with Crippen LogP contribution in [0.4, 0.5) is 0 Å². The summed E-state index contributed by atoms with van der Waals surface area (Å²) in [6, 6.07) is 3.67. The van der Waals surface area contributed by atoms with E-state index in [1.165, 1.54) is 0 Å². The Morgan fingerprint density at radius 2 is 2.19 bits per heavy atom. The molecule has 2 aliphatic rings. The van der Waals surface area contributed by atoms with Crippen molar-refractivity contribution in [3.63, 3.8) is 0 Å². The lowest BCUT2D eigenvalue weighted by Gasteiger charge is -2.46. The lowest BCUT2D eigenvalue weighted by atomic mass is 9.87. The Morgan fingerprint density at radius 3 is 2.76 bits per heavy atom. The molecular formula is C16H22N2O2S. The molecule has 1 aliphatic carbocycles. The van der Waals surface area contributed by atoms with E-state index in [-0.39, 0.29) is 17.9 Å². The molecule has 114 valence electrons. The lowest BCUT2D eigenvalue weighted by molar-refractivity contribution is -0.159. The molecule has 5 heteroatoms. The zero-order valence-electron chi connectivity index (χ0n) is 12.6. The molecule has 1 N–H and O–H groups in total. The van der Waals surface area contributed by atoms with Crippen molar-refractivity contribution in [3.8, 4) is 0 Å². The quantitative estimate of drug-likeness (QED) is 0.909. The SMILES string of the molecule is CCCC1NC(=O)C(C)(C2CC2)N(Cc2cccs2)C1=O. The van der Waals surface area contributed by atoms with Crippen LogP contribution < -0.4 is 5.32 Å². The highest BCUT2D eigenvalue weighted by Gasteiger charge is 2.56. The van der Waals surface area contributed by atoms with Crippen LogP contribution in [0.5, 0.6) is 0 Å². The summed E-state index contributed by atoms with van der Waals surface area (Å²) in [6.45, 7) is 4.53. The monoisotopic (exact) mass is 306 g/mol. The van der Waals surface area contributed by atoms with E-state index in [0.717, 1.165) is 24.1 Å². The summed E-state index contributed by atoms with van der Waals surface area (Å²) >= 11 is 1.64. The molecule has 0 aromatic carbocycles. The van der Waals surface area contributed by atoms with Crippen LogP contribution >= 0.6 is 11.3 Å². The first-order valence-electron chi connectivity index (χ1n) is 7.72. The molecule has 1 saturated heterocycles. The van der Waals surface area contributed by atoms with Gasteiger partial charge < -0.3 is 10.2 Å². The van der Waals surface area contributed by atoms with Crippen LogP contribution in [0.15, 0.2) is 17.5 Å². The highest BCUT2D eigenvalue weighted by atomic mass is 32.1. The van der Waals surface area contributed by atoms with E-state index < -0.39 is 5.54 Å². The van der Waals surface area contributed by atoms with Gasteiger partial charge in [0.25, 0.3) is 0 Å². The maximum Gasteiger partial charge on any atom is 0.246 e. The van der Waals surface area contributed by atoms with E-state index in [2.05, 4.69) is 5.32 Å². The zero-order chi connectivity index (χ0) is 15.0. The average molecular weight is 306 g/mol. The van der Waals surface area contributed by atoms with Gasteiger partial charge in [0.15, 0.2) is 0 Å².